The summed E-state index contributed by atoms with van der Waals surface area (Å²) in [5, 5.41) is 2.92. The second kappa shape index (κ2) is 13.6. The van der Waals surface area contributed by atoms with Crippen molar-refractivity contribution in [2.45, 2.75) is 69.4 Å². The summed E-state index contributed by atoms with van der Waals surface area (Å²) in [5.41, 5.74) is 14.1. The van der Waals surface area contributed by atoms with Crippen LogP contribution < -0.4 is 26.6 Å². The lowest BCUT2D eigenvalue weighted by Crippen LogP contribution is -2.31. The van der Waals surface area contributed by atoms with Gasteiger partial charge in [0.25, 0.3) is 0 Å². The Labute approximate surface area is 224 Å². The largest absolute Gasteiger partial charge is 0.779 e. The number of hydrogen-bond donors (Lipinski definition) is 4. The molecule has 38 heavy (non-hydrogen) atoms. The Morgan fingerprint density at radius 2 is 1.55 bits per heavy atom. The molecule has 206 valence electrons. The van der Waals surface area contributed by atoms with Gasteiger partial charge in [-0.2, -0.15) is 5.53 Å². The second-order valence-electron chi connectivity index (χ2n) is 10.1. The van der Waals surface area contributed by atoms with Crippen molar-refractivity contribution in [3.8, 4) is 0 Å². The highest BCUT2D eigenvalue weighted by molar-refractivity contribution is 7.51. The lowest BCUT2D eigenvalue weighted by atomic mass is 9.76. The maximum absolute atomic E-state index is 13.5. The van der Waals surface area contributed by atoms with Gasteiger partial charge in [0.2, 0.25) is 5.91 Å². The SMILES string of the molecule is COP(=O)([O-])CCCCCCCNC(=O)CCC(=O)C1Cc2ccccc2C2NNNC2c2ccccc21. The molecule has 2 aromatic rings. The molecule has 4 atom stereocenters. The molecule has 0 saturated carbocycles. The number of carbonyl (C=O) groups excluding carboxylic acids is 2. The van der Waals surface area contributed by atoms with Crippen LogP contribution in [0.2, 0.25) is 0 Å². The fourth-order valence-electron chi connectivity index (χ4n) is 5.41. The molecule has 1 heterocycles. The summed E-state index contributed by atoms with van der Waals surface area (Å²) < 4.78 is 15.8. The first kappa shape index (κ1) is 28.6. The summed E-state index contributed by atoms with van der Waals surface area (Å²) in [7, 11) is -2.47. The summed E-state index contributed by atoms with van der Waals surface area (Å²) in [5.74, 6) is -0.353. The molecule has 1 fully saturated rings. The molecule has 0 spiro atoms. The highest BCUT2D eigenvalue weighted by Gasteiger charge is 2.37. The van der Waals surface area contributed by atoms with Crippen LogP contribution in [0.25, 0.3) is 0 Å². The Morgan fingerprint density at radius 3 is 2.32 bits per heavy atom. The third-order valence-electron chi connectivity index (χ3n) is 7.51. The van der Waals surface area contributed by atoms with Crippen molar-refractivity contribution < 1.29 is 23.6 Å². The van der Waals surface area contributed by atoms with Crippen molar-refractivity contribution >= 4 is 19.3 Å². The number of hydrazine groups is 2. The van der Waals surface area contributed by atoms with E-state index >= 15 is 0 Å². The molecular formula is C28H38N4O5P-. The van der Waals surface area contributed by atoms with Crippen LogP contribution in [0.1, 0.15) is 85.2 Å². The molecule has 10 heteroatoms. The number of amides is 1. The minimum absolute atomic E-state index is 0.0176. The minimum Gasteiger partial charge on any atom is -0.779 e. The summed E-state index contributed by atoms with van der Waals surface area (Å²) in [6.45, 7) is 0.555. The summed E-state index contributed by atoms with van der Waals surface area (Å²) in [6.07, 6.45) is 5.07. The number of unbranched alkanes of at least 4 members (excludes halogenated alkanes) is 4. The Bertz CT molecular complexity index is 1160. The van der Waals surface area contributed by atoms with E-state index in [1.165, 1.54) is 12.7 Å². The summed E-state index contributed by atoms with van der Waals surface area (Å²) in [4.78, 5) is 37.3. The highest BCUT2D eigenvalue weighted by atomic mass is 31.2. The molecule has 4 rings (SSSR count). The van der Waals surface area contributed by atoms with Crippen LogP contribution in [0, 0.1) is 0 Å². The standard InChI is InChI=1S/C28H39N4O5P/c1-37-38(35,36)18-10-4-2-3-9-17-29-26(34)16-15-25(33)24-19-20-11-5-6-12-21(20)27-28(31-32-30-27)23-14-8-7-13-22(23)24/h5-8,11-14,24,27-28,30-32H,2-4,9-10,15-19H2,1H3,(H,29,34)(H,35,36)/p-1. The molecule has 4 unspecified atom stereocenters. The molecule has 0 bridgehead atoms. The Balaban J connectivity index is 1.28. The van der Waals surface area contributed by atoms with Crippen molar-refractivity contribution in [3.05, 3.63) is 70.8 Å². The minimum atomic E-state index is -3.66. The number of benzene rings is 2. The fraction of sp³-hybridized carbons (Fsp3) is 0.500. The predicted octanol–water partition coefficient (Wildman–Crippen LogP) is 3.34. The van der Waals surface area contributed by atoms with E-state index in [0.29, 0.717) is 19.4 Å². The average molecular weight is 542 g/mol. The molecule has 1 amide bonds. The summed E-state index contributed by atoms with van der Waals surface area (Å²) in [6, 6.07) is 16.3. The molecule has 0 aromatic heterocycles. The molecule has 1 aliphatic carbocycles. The Kier molecular flexibility index (Phi) is 10.2. The number of Topliss-reactive ketones (excluding diaryl/α,β-unsaturated/α-hetero) is 1. The van der Waals surface area contributed by atoms with Gasteiger partial charge in [0.15, 0.2) is 0 Å². The molecule has 9 nitrogen and oxygen atoms in total. The zero-order valence-corrected chi connectivity index (χ0v) is 22.8. The zero-order valence-electron chi connectivity index (χ0n) is 21.9. The van der Waals surface area contributed by atoms with E-state index in [1.54, 1.807) is 0 Å². The van der Waals surface area contributed by atoms with Crippen LogP contribution in [-0.4, -0.2) is 31.5 Å². The first-order valence-corrected chi connectivity index (χ1v) is 15.2. The molecule has 2 aromatic carbocycles. The second-order valence-corrected chi connectivity index (χ2v) is 12.1. The smallest absolute Gasteiger partial charge is 0.220 e. The van der Waals surface area contributed by atoms with Gasteiger partial charge in [0, 0.05) is 38.6 Å². The number of rotatable bonds is 13. The van der Waals surface area contributed by atoms with Gasteiger partial charge in [0.05, 0.1) is 12.1 Å². The normalized spacial score (nSPS) is 21.8. The van der Waals surface area contributed by atoms with E-state index in [0.717, 1.165) is 42.4 Å². The van der Waals surface area contributed by atoms with Crippen LogP contribution >= 0.6 is 7.60 Å². The highest BCUT2D eigenvalue weighted by Crippen LogP contribution is 2.41. The fourth-order valence-corrected chi connectivity index (χ4v) is 6.20. The number of nitrogens with one attached hydrogen (secondary N) is 4. The molecule has 2 aliphatic rings. The van der Waals surface area contributed by atoms with Gasteiger partial charge in [-0.3, -0.25) is 9.59 Å². The molecule has 1 saturated heterocycles. The van der Waals surface area contributed by atoms with E-state index in [2.05, 4.69) is 44.4 Å². The van der Waals surface area contributed by atoms with E-state index < -0.39 is 7.60 Å². The van der Waals surface area contributed by atoms with Crippen molar-refractivity contribution in [3.63, 3.8) is 0 Å². The predicted molar refractivity (Wildman–Crippen MR) is 144 cm³/mol. The monoisotopic (exact) mass is 541 g/mol. The first-order valence-electron chi connectivity index (χ1n) is 13.5. The van der Waals surface area contributed by atoms with Gasteiger partial charge >= 0.3 is 0 Å². The third-order valence-corrected chi connectivity index (χ3v) is 8.93. The van der Waals surface area contributed by atoms with E-state index in [9.17, 15) is 19.0 Å². The zero-order chi connectivity index (χ0) is 27.0. The maximum Gasteiger partial charge on any atom is 0.220 e. The molecule has 0 radical (unpaired) electrons. The van der Waals surface area contributed by atoms with Gasteiger partial charge in [-0.15, -0.1) is 0 Å². The maximum atomic E-state index is 13.5. The van der Waals surface area contributed by atoms with Gasteiger partial charge in [-0.25, -0.2) is 10.9 Å². The Hall–Kier alpha value is -2.39. The number of ketones is 1. The number of carbonyl (C=O) groups is 2. The molecule has 4 N–H and O–H groups in total. The van der Waals surface area contributed by atoms with Crippen LogP contribution in [-0.2, 0) is 25.1 Å². The number of hydrogen-bond acceptors (Lipinski definition) is 8. The first-order chi connectivity index (χ1) is 18.4. The van der Waals surface area contributed by atoms with Crippen molar-refractivity contribution in [2.24, 2.45) is 0 Å². The van der Waals surface area contributed by atoms with Crippen molar-refractivity contribution in [1.82, 2.24) is 21.7 Å². The van der Waals surface area contributed by atoms with Gasteiger partial charge in [-0.05, 0) is 41.5 Å². The lowest BCUT2D eigenvalue weighted by molar-refractivity contribution is -0.196. The van der Waals surface area contributed by atoms with Crippen LogP contribution in [0.3, 0.4) is 0 Å². The third kappa shape index (κ3) is 7.38. The van der Waals surface area contributed by atoms with Gasteiger partial charge in [-0.1, -0.05) is 67.8 Å². The van der Waals surface area contributed by atoms with Crippen LogP contribution in [0.4, 0.5) is 0 Å². The van der Waals surface area contributed by atoms with Crippen molar-refractivity contribution in [1.29, 1.82) is 0 Å². The molecule has 1 aliphatic heterocycles. The topological polar surface area (TPSA) is 132 Å². The van der Waals surface area contributed by atoms with Crippen LogP contribution in [0.5, 0.6) is 0 Å². The molecular weight excluding hydrogens is 503 g/mol. The quantitative estimate of drug-likeness (QED) is 0.224. The Morgan fingerprint density at radius 1 is 0.921 bits per heavy atom. The summed E-state index contributed by atoms with van der Waals surface area (Å²) >= 11 is 0. The van der Waals surface area contributed by atoms with E-state index in [4.69, 9.17) is 0 Å². The van der Waals surface area contributed by atoms with E-state index in [-0.39, 0.29) is 48.7 Å². The van der Waals surface area contributed by atoms with Crippen molar-refractivity contribution in [2.75, 3.05) is 19.8 Å². The van der Waals surface area contributed by atoms with Gasteiger partial charge < -0.3 is 19.3 Å². The number of fused-ring (bicyclic) bond motifs is 5. The average Bonchev–Trinajstić information content (AvgIpc) is 3.40. The van der Waals surface area contributed by atoms with Gasteiger partial charge in [0.1, 0.15) is 13.4 Å². The van der Waals surface area contributed by atoms with E-state index in [1.807, 2.05) is 30.3 Å². The van der Waals surface area contributed by atoms with Crippen LogP contribution in [0.15, 0.2) is 48.5 Å². The lowest BCUT2D eigenvalue weighted by Gasteiger charge is -2.30.